The molecule has 8 nitrogen and oxygen atoms in total. The molecule has 1 aliphatic heterocycles. The molecule has 3 heterocycles. The van der Waals surface area contributed by atoms with Gasteiger partial charge in [0.15, 0.2) is 28.9 Å². The quantitative estimate of drug-likeness (QED) is 0.424. The zero-order chi connectivity index (χ0) is 28.1. The number of alkyl halides is 3. The number of carbonyl (C=O) groups excluding carboxylic acids is 1. The first-order valence-corrected chi connectivity index (χ1v) is 11.1. The summed E-state index contributed by atoms with van der Waals surface area (Å²) >= 11 is 0. The SMILES string of the molecule is CCC(NC(=O)c1cn(-c2c(F)cc(F)cc2F)c2nc(N3C[C@H](O)[C@@H](O)C3)c(F)cc2c1=O)C(F)(F)F. The number of anilines is 1. The standard InChI is InChI=1S/C23H19F7N4O4/c1-2-17(23(28,29)30)31-22(38)11-6-34(18-12(25)3-9(24)4-13(18)26)20-10(19(11)37)5-14(27)21(32-20)33-7-15(35)16(36)8-33/h3-6,15-17,35-36H,2,7-8H2,1H3,(H,31,38)/t15-,16-,17?/m0/s1. The van der Waals surface area contributed by atoms with Gasteiger partial charge in [-0.2, -0.15) is 13.2 Å². The van der Waals surface area contributed by atoms with Crippen molar-refractivity contribution in [2.45, 2.75) is 37.8 Å². The van der Waals surface area contributed by atoms with Crippen molar-refractivity contribution >= 4 is 22.8 Å². The van der Waals surface area contributed by atoms with E-state index in [0.717, 1.165) is 11.8 Å². The number of carbonyl (C=O) groups is 1. The van der Waals surface area contributed by atoms with Crippen LogP contribution in [0.25, 0.3) is 16.7 Å². The minimum atomic E-state index is -4.89. The van der Waals surface area contributed by atoms with E-state index in [1.165, 1.54) is 0 Å². The van der Waals surface area contributed by atoms with Crippen LogP contribution in [-0.2, 0) is 0 Å². The lowest BCUT2D eigenvalue weighted by molar-refractivity contribution is -0.153. The van der Waals surface area contributed by atoms with Gasteiger partial charge in [-0.15, -0.1) is 0 Å². The molecule has 38 heavy (non-hydrogen) atoms. The van der Waals surface area contributed by atoms with Gasteiger partial charge in [0.1, 0.15) is 23.1 Å². The predicted octanol–water partition coefficient (Wildman–Crippen LogP) is 2.55. The highest BCUT2D eigenvalue weighted by molar-refractivity contribution is 5.97. The number of β-amino-alcohol motifs (C(OH)–C–C–N with tert-alkyl or cyclic N) is 2. The Kier molecular flexibility index (Phi) is 7.09. The van der Waals surface area contributed by atoms with Gasteiger partial charge in [-0.3, -0.25) is 14.2 Å². The number of aromatic nitrogens is 2. The summed E-state index contributed by atoms with van der Waals surface area (Å²) in [6.45, 7) is 0.528. The molecule has 15 heteroatoms. The summed E-state index contributed by atoms with van der Waals surface area (Å²) in [7, 11) is 0. The summed E-state index contributed by atoms with van der Waals surface area (Å²) in [5, 5.41) is 20.5. The maximum absolute atomic E-state index is 15.0. The van der Waals surface area contributed by atoms with Crippen LogP contribution in [0.3, 0.4) is 0 Å². The maximum Gasteiger partial charge on any atom is 0.408 e. The average Bonchev–Trinajstić information content (AvgIpc) is 3.14. The first-order valence-electron chi connectivity index (χ1n) is 11.1. The summed E-state index contributed by atoms with van der Waals surface area (Å²) in [4.78, 5) is 30.8. The van der Waals surface area contributed by atoms with Crippen LogP contribution in [0, 0.1) is 23.3 Å². The molecule has 1 fully saturated rings. The number of hydrogen-bond acceptors (Lipinski definition) is 6. The molecule has 4 rings (SSSR count). The highest BCUT2D eigenvalue weighted by Gasteiger charge is 2.40. The van der Waals surface area contributed by atoms with Crippen LogP contribution in [0.4, 0.5) is 36.6 Å². The minimum absolute atomic E-state index is 0.274. The lowest BCUT2D eigenvalue weighted by Gasteiger charge is -2.21. The fourth-order valence-electron chi connectivity index (χ4n) is 4.13. The zero-order valence-corrected chi connectivity index (χ0v) is 19.4. The summed E-state index contributed by atoms with van der Waals surface area (Å²) in [6, 6.07) is -1.26. The summed E-state index contributed by atoms with van der Waals surface area (Å²) in [5.41, 5.74) is -4.01. The van der Waals surface area contributed by atoms with Crippen molar-refractivity contribution in [2.75, 3.05) is 18.0 Å². The highest BCUT2D eigenvalue weighted by atomic mass is 19.4. The van der Waals surface area contributed by atoms with Crippen LogP contribution in [0.5, 0.6) is 0 Å². The molecule has 1 saturated heterocycles. The molecule has 0 aliphatic carbocycles. The first-order chi connectivity index (χ1) is 17.7. The van der Waals surface area contributed by atoms with E-state index in [4.69, 9.17) is 0 Å². The topological polar surface area (TPSA) is 108 Å². The van der Waals surface area contributed by atoms with Crippen molar-refractivity contribution in [1.29, 1.82) is 0 Å². The number of hydrogen-bond donors (Lipinski definition) is 3. The number of aliphatic hydroxyl groups is 2. The second-order valence-corrected chi connectivity index (χ2v) is 8.64. The van der Waals surface area contributed by atoms with E-state index < -0.39 is 93.6 Å². The van der Waals surface area contributed by atoms with E-state index in [2.05, 4.69) is 4.98 Å². The Bertz CT molecular complexity index is 1440. The largest absolute Gasteiger partial charge is 0.408 e. The van der Waals surface area contributed by atoms with E-state index in [9.17, 15) is 46.1 Å². The number of nitrogens with zero attached hydrogens (tertiary/aromatic N) is 3. The smallest absolute Gasteiger partial charge is 0.389 e. The molecule has 0 spiro atoms. The van der Waals surface area contributed by atoms with Gasteiger partial charge in [-0.05, 0) is 12.5 Å². The van der Waals surface area contributed by atoms with Crippen molar-refractivity contribution in [1.82, 2.24) is 14.9 Å². The second kappa shape index (κ2) is 9.87. The number of aliphatic hydroxyl groups excluding tert-OH is 2. The monoisotopic (exact) mass is 548 g/mol. The fourth-order valence-corrected chi connectivity index (χ4v) is 4.13. The van der Waals surface area contributed by atoms with Gasteiger partial charge in [0, 0.05) is 31.4 Å². The van der Waals surface area contributed by atoms with Gasteiger partial charge >= 0.3 is 6.18 Å². The van der Waals surface area contributed by atoms with Crippen LogP contribution < -0.4 is 15.6 Å². The molecule has 3 aromatic rings. The van der Waals surface area contributed by atoms with E-state index in [-0.39, 0.29) is 25.2 Å². The van der Waals surface area contributed by atoms with Crippen LogP contribution in [0.2, 0.25) is 0 Å². The van der Waals surface area contributed by atoms with Gasteiger partial charge in [-0.1, -0.05) is 6.92 Å². The van der Waals surface area contributed by atoms with Gasteiger partial charge in [0.05, 0.1) is 17.6 Å². The number of pyridine rings is 2. The predicted molar refractivity (Wildman–Crippen MR) is 119 cm³/mol. The zero-order valence-electron chi connectivity index (χ0n) is 19.4. The highest BCUT2D eigenvalue weighted by Crippen LogP contribution is 2.29. The number of nitrogens with one attached hydrogen (secondary N) is 1. The van der Waals surface area contributed by atoms with Gasteiger partial charge < -0.3 is 20.4 Å². The number of fused-ring (bicyclic) bond motifs is 1. The maximum atomic E-state index is 15.0. The van der Waals surface area contributed by atoms with Crippen molar-refractivity contribution in [3.63, 3.8) is 0 Å². The van der Waals surface area contributed by atoms with Crippen LogP contribution in [0.15, 0.2) is 29.2 Å². The molecule has 3 atom stereocenters. The van der Waals surface area contributed by atoms with Crippen molar-refractivity contribution in [2.24, 2.45) is 0 Å². The normalized spacial score (nSPS) is 18.7. The molecule has 1 aromatic carbocycles. The molecular formula is C23H19F7N4O4. The lowest BCUT2D eigenvalue weighted by Crippen LogP contribution is -2.46. The van der Waals surface area contributed by atoms with Crippen molar-refractivity contribution in [3.05, 3.63) is 63.5 Å². The van der Waals surface area contributed by atoms with E-state index in [1.807, 2.05) is 0 Å². The van der Waals surface area contributed by atoms with Gasteiger partial charge in [0.2, 0.25) is 5.43 Å². The molecule has 2 aromatic heterocycles. The van der Waals surface area contributed by atoms with Crippen LogP contribution in [0.1, 0.15) is 23.7 Å². The van der Waals surface area contributed by atoms with E-state index >= 15 is 4.39 Å². The number of benzene rings is 1. The molecule has 0 radical (unpaired) electrons. The molecule has 3 N–H and O–H groups in total. The Morgan fingerprint density at radius 1 is 1.08 bits per heavy atom. The molecule has 0 saturated carbocycles. The molecule has 1 amide bonds. The molecule has 1 unspecified atom stereocenters. The van der Waals surface area contributed by atoms with E-state index in [1.54, 1.807) is 5.32 Å². The fraction of sp³-hybridized carbons (Fsp3) is 0.348. The molecule has 204 valence electrons. The Morgan fingerprint density at radius 3 is 2.18 bits per heavy atom. The molecular weight excluding hydrogens is 529 g/mol. The number of halogens is 7. The lowest BCUT2D eigenvalue weighted by atomic mass is 10.1. The average molecular weight is 548 g/mol. The molecule has 0 bridgehead atoms. The Morgan fingerprint density at radius 2 is 1.66 bits per heavy atom. The Hall–Kier alpha value is -3.72. The third-order valence-electron chi connectivity index (χ3n) is 6.05. The number of amides is 1. The van der Waals surface area contributed by atoms with Gasteiger partial charge in [-0.25, -0.2) is 22.5 Å². The minimum Gasteiger partial charge on any atom is -0.389 e. The van der Waals surface area contributed by atoms with E-state index in [0.29, 0.717) is 16.8 Å². The van der Waals surface area contributed by atoms with Crippen molar-refractivity contribution in [3.8, 4) is 5.69 Å². The molecule has 1 aliphatic rings. The summed E-state index contributed by atoms with van der Waals surface area (Å²) < 4.78 is 98.2. The third kappa shape index (κ3) is 4.90. The van der Waals surface area contributed by atoms with Crippen molar-refractivity contribution < 1.29 is 45.7 Å². The summed E-state index contributed by atoms with van der Waals surface area (Å²) in [6.07, 6.45) is -7.54. The second-order valence-electron chi connectivity index (χ2n) is 8.64. The first kappa shape index (κ1) is 27.3. The summed E-state index contributed by atoms with van der Waals surface area (Å²) in [5.74, 6) is -7.66. The third-order valence-corrected chi connectivity index (χ3v) is 6.05. The Balaban J connectivity index is 1.99. The van der Waals surface area contributed by atoms with Crippen LogP contribution in [-0.4, -0.2) is 63.2 Å². The number of rotatable bonds is 5. The van der Waals surface area contributed by atoms with Crippen LogP contribution >= 0.6 is 0 Å². The van der Waals surface area contributed by atoms with Gasteiger partial charge in [0.25, 0.3) is 5.91 Å². The Labute approximate surface area is 208 Å².